The molecule has 1 unspecified atom stereocenters. The molecule has 3 aromatic rings. The Kier molecular flexibility index (Phi) is 5.21. The Labute approximate surface area is 188 Å². The van der Waals surface area contributed by atoms with Crippen LogP contribution in [-0.4, -0.2) is 46.5 Å². The zero-order valence-corrected chi connectivity index (χ0v) is 18.1. The Hall–Kier alpha value is -3.03. The molecule has 0 radical (unpaired) electrons. The lowest BCUT2D eigenvalue weighted by atomic mass is 10.0. The fourth-order valence-corrected chi connectivity index (χ4v) is 4.97. The topological polar surface area (TPSA) is 90.0 Å². The van der Waals surface area contributed by atoms with Crippen LogP contribution in [0, 0.1) is 0 Å². The second-order valence-electron chi connectivity index (χ2n) is 8.96. The fraction of sp³-hybridized carbons (Fsp3) is 0.400. The minimum atomic E-state index is 0.269. The molecule has 0 saturated carbocycles. The van der Waals surface area contributed by atoms with Gasteiger partial charge in [0.2, 0.25) is 0 Å². The molecule has 0 bridgehead atoms. The molecule has 3 aliphatic rings. The summed E-state index contributed by atoms with van der Waals surface area (Å²) in [4.78, 5) is 17.4. The second kappa shape index (κ2) is 8.48. The van der Waals surface area contributed by atoms with Crippen LogP contribution >= 0.6 is 0 Å². The lowest BCUT2D eigenvalue weighted by Gasteiger charge is -2.16. The molecular formula is C25H29N7. The molecule has 0 aliphatic carbocycles. The lowest BCUT2D eigenvalue weighted by Crippen LogP contribution is -2.38. The number of aromatic nitrogens is 3. The lowest BCUT2D eigenvalue weighted by molar-refractivity contribution is 0.613. The van der Waals surface area contributed by atoms with Crippen molar-refractivity contribution in [2.75, 3.05) is 19.6 Å². The average Bonchev–Trinajstić information content (AvgIpc) is 3.66. The van der Waals surface area contributed by atoms with Crippen molar-refractivity contribution in [3.63, 3.8) is 0 Å². The van der Waals surface area contributed by atoms with Gasteiger partial charge in [0.15, 0.2) is 0 Å². The maximum absolute atomic E-state index is 4.74. The highest BCUT2D eigenvalue weighted by Gasteiger charge is 2.27. The van der Waals surface area contributed by atoms with E-state index in [2.05, 4.69) is 67.3 Å². The number of pyridine rings is 1. The average molecular weight is 428 g/mol. The van der Waals surface area contributed by atoms with Gasteiger partial charge in [-0.3, -0.25) is 9.98 Å². The first-order valence-electron chi connectivity index (χ1n) is 11.7. The first-order valence-corrected chi connectivity index (χ1v) is 11.7. The highest BCUT2D eigenvalue weighted by atomic mass is 15.2. The van der Waals surface area contributed by atoms with Gasteiger partial charge in [-0.25, -0.2) is 4.98 Å². The van der Waals surface area contributed by atoms with E-state index in [-0.39, 0.29) is 6.04 Å². The number of nitrogens with zero attached hydrogens (tertiary/aromatic N) is 3. The Balaban J connectivity index is 1.12. The molecule has 1 aromatic carbocycles. The molecular weight excluding hydrogens is 398 g/mol. The number of H-pyrrole nitrogens is 1. The van der Waals surface area contributed by atoms with Crippen LogP contribution in [0.3, 0.4) is 0 Å². The van der Waals surface area contributed by atoms with Gasteiger partial charge in [0.1, 0.15) is 11.7 Å². The van der Waals surface area contributed by atoms with Crippen LogP contribution in [0.25, 0.3) is 22.5 Å². The summed E-state index contributed by atoms with van der Waals surface area (Å²) < 4.78 is 0. The van der Waals surface area contributed by atoms with E-state index in [1.165, 1.54) is 30.4 Å². The fourth-order valence-electron chi connectivity index (χ4n) is 4.97. The van der Waals surface area contributed by atoms with Crippen molar-refractivity contribution in [3.8, 4) is 22.5 Å². The number of aromatic amines is 1. The van der Waals surface area contributed by atoms with Crippen LogP contribution in [0.2, 0.25) is 0 Å². The summed E-state index contributed by atoms with van der Waals surface area (Å²) in [6, 6.07) is 14.0. The highest BCUT2D eigenvalue weighted by molar-refractivity contribution is 5.89. The van der Waals surface area contributed by atoms with E-state index in [1.54, 1.807) is 0 Å². The van der Waals surface area contributed by atoms with Crippen molar-refractivity contribution in [3.05, 3.63) is 60.2 Å². The number of imidazole rings is 1. The smallest absolute Gasteiger partial charge is 0.123 e. The monoisotopic (exact) mass is 427 g/mol. The van der Waals surface area contributed by atoms with E-state index in [0.717, 1.165) is 54.7 Å². The summed E-state index contributed by atoms with van der Waals surface area (Å²) in [5.41, 5.74) is 5.45. The molecule has 0 spiro atoms. The zero-order valence-electron chi connectivity index (χ0n) is 18.1. The third kappa shape index (κ3) is 3.82. The van der Waals surface area contributed by atoms with Crippen molar-refractivity contribution in [1.82, 2.24) is 30.9 Å². The van der Waals surface area contributed by atoms with Gasteiger partial charge in [-0.05, 0) is 56.0 Å². The van der Waals surface area contributed by atoms with Gasteiger partial charge in [0, 0.05) is 11.8 Å². The molecule has 2 saturated heterocycles. The normalized spacial score (nSPS) is 25.1. The number of hydrogen-bond acceptors (Lipinski definition) is 6. The highest BCUT2D eigenvalue weighted by Crippen LogP contribution is 2.27. The summed E-state index contributed by atoms with van der Waals surface area (Å²) in [6.07, 6.45) is 8.58. The van der Waals surface area contributed by atoms with Crippen LogP contribution < -0.4 is 16.0 Å². The van der Waals surface area contributed by atoms with Crippen molar-refractivity contribution >= 4 is 5.84 Å². The summed E-state index contributed by atoms with van der Waals surface area (Å²) in [7, 11) is 0. The van der Waals surface area contributed by atoms with Crippen LogP contribution in [0.15, 0.2) is 53.8 Å². The predicted octanol–water partition coefficient (Wildman–Crippen LogP) is 3.36. The van der Waals surface area contributed by atoms with Crippen molar-refractivity contribution in [2.24, 2.45) is 4.99 Å². The van der Waals surface area contributed by atoms with Crippen LogP contribution in [-0.2, 0) is 0 Å². The van der Waals surface area contributed by atoms with E-state index < -0.39 is 0 Å². The molecule has 7 nitrogen and oxygen atoms in total. The molecule has 7 heteroatoms. The summed E-state index contributed by atoms with van der Waals surface area (Å²) in [6.45, 7) is 2.97. The summed E-state index contributed by atoms with van der Waals surface area (Å²) in [5, 5.41) is 10.6. The molecule has 164 valence electrons. The third-order valence-electron chi connectivity index (χ3n) is 6.83. The third-order valence-corrected chi connectivity index (χ3v) is 6.83. The quantitative estimate of drug-likeness (QED) is 0.501. The van der Waals surface area contributed by atoms with E-state index >= 15 is 0 Å². The van der Waals surface area contributed by atoms with E-state index in [4.69, 9.17) is 4.99 Å². The first kappa shape index (κ1) is 19.6. The number of nitrogens with one attached hydrogen (secondary N) is 4. The minimum Gasteiger partial charge on any atom is -0.364 e. The summed E-state index contributed by atoms with van der Waals surface area (Å²) in [5.74, 6) is 2.14. The number of amidine groups is 1. The SMILES string of the molecule is c1cc(C2CN=C([C@@H]3CCCN3)N2)ccc1-c1ccc(-c2cnc([C@@H]3CCCN3)[nH]2)nc1. The Morgan fingerprint density at radius 1 is 0.750 bits per heavy atom. The van der Waals surface area contributed by atoms with Gasteiger partial charge in [-0.1, -0.05) is 30.3 Å². The molecule has 2 aromatic heterocycles. The first-order chi connectivity index (χ1) is 15.8. The predicted molar refractivity (Wildman–Crippen MR) is 126 cm³/mol. The summed E-state index contributed by atoms with van der Waals surface area (Å²) >= 11 is 0. The van der Waals surface area contributed by atoms with E-state index in [9.17, 15) is 0 Å². The van der Waals surface area contributed by atoms with Crippen LogP contribution in [0.1, 0.15) is 49.2 Å². The van der Waals surface area contributed by atoms with Gasteiger partial charge in [0.25, 0.3) is 0 Å². The zero-order chi connectivity index (χ0) is 21.3. The second-order valence-corrected chi connectivity index (χ2v) is 8.96. The molecule has 5 heterocycles. The molecule has 3 aliphatic heterocycles. The van der Waals surface area contributed by atoms with Crippen LogP contribution in [0.4, 0.5) is 0 Å². The Bertz CT molecular complexity index is 1090. The standard InChI is InChI=1S/C25H29N7/c1-3-20(26-11-1)24-29-14-22(31-24)17-7-5-16(6-8-17)18-9-10-19(28-13-18)23-15-30-25(32-23)21-4-2-12-27-21/h5-10,13,15,20-22,26-27H,1-4,11-12,14H2,(H,29,31)(H,30,32)/t20-,21-,22?/m0/s1. The number of benzene rings is 1. The molecule has 2 fully saturated rings. The molecule has 3 atom stereocenters. The van der Waals surface area contributed by atoms with Gasteiger partial charge < -0.3 is 20.9 Å². The van der Waals surface area contributed by atoms with Gasteiger partial charge in [-0.2, -0.15) is 0 Å². The maximum Gasteiger partial charge on any atom is 0.123 e. The molecule has 4 N–H and O–H groups in total. The molecule has 32 heavy (non-hydrogen) atoms. The van der Waals surface area contributed by atoms with Crippen LogP contribution in [0.5, 0.6) is 0 Å². The van der Waals surface area contributed by atoms with E-state index in [0.29, 0.717) is 12.1 Å². The molecule has 6 rings (SSSR count). The van der Waals surface area contributed by atoms with Gasteiger partial charge in [-0.15, -0.1) is 0 Å². The molecule has 0 amide bonds. The van der Waals surface area contributed by atoms with Crippen molar-refractivity contribution < 1.29 is 0 Å². The Morgan fingerprint density at radius 2 is 1.53 bits per heavy atom. The van der Waals surface area contributed by atoms with Crippen molar-refractivity contribution in [1.29, 1.82) is 0 Å². The number of hydrogen-bond donors (Lipinski definition) is 4. The Morgan fingerprint density at radius 3 is 2.25 bits per heavy atom. The number of rotatable bonds is 5. The minimum absolute atomic E-state index is 0.269. The largest absolute Gasteiger partial charge is 0.364 e. The number of aliphatic imine (C=N–C) groups is 1. The van der Waals surface area contributed by atoms with Gasteiger partial charge in [0.05, 0.1) is 42.3 Å². The maximum atomic E-state index is 4.74. The van der Waals surface area contributed by atoms with Crippen molar-refractivity contribution in [2.45, 2.75) is 43.8 Å². The van der Waals surface area contributed by atoms with Gasteiger partial charge >= 0.3 is 0 Å². The van der Waals surface area contributed by atoms with E-state index in [1.807, 2.05) is 12.4 Å².